The molecule has 2 aromatic heterocycles. The standard InChI is InChI=1S/C20H22N4O2/c25-20(26-13-14-4-2-1-3-5-14)24-16-10-17-18(12-23-19(17)22-11-16)15-6-8-21-9-7-15/h1-5,10-12,15,21H,6-9,13H2,(H,22,23)(H,24,25). The highest BCUT2D eigenvalue weighted by molar-refractivity contribution is 5.89. The zero-order valence-electron chi connectivity index (χ0n) is 14.5. The maximum Gasteiger partial charge on any atom is 0.412 e. The second kappa shape index (κ2) is 7.58. The lowest BCUT2D eigenvalue weighted by Gasteiger charge is -2.22. The lowest BCUT2D eigenvalue weighted by Crippen LogP contribution is -2.26. The molecule has 0 bridgehead atoms. The van der Waals surface area contributed by atoms with Crippen molar-refractivity contribution < 1.29 is 9.53 Å². The fourth-order valence-electron chi connectivity index (χ4n) is 3.44. The Hall–Kier alpha value is -2.86. The molecule has 6 nitrogen and oxygen atoms in total. The Labute approximate surface area is 152 Å². The van der Waals surface area contributed by atoms with Crippen molar-refractivity contribution in [3.63, 3.8) is 0 Å². The Morgan fingerprint density at radius 3 is 2.85 bits per heavy atom. The van der Waals surface area contributed by atoms with Crippen LogP contribution in [0.15, 0.2) is 48.8 Å². The third kappa shape index (κ3) is 3.70. The lowest BCUT2D eigenvalue weighted by atomic mass is 9.90. The van der Waals surface area contributed by atoms with E-state index in [0.29, 0.717) is 11.6 Å². The van der Waals surface area contributed by atoms with Gasteiger partial charge in [-0.2, -0.15) is 0 Å². The number of piperidine rings is 1. The Morgan fingerprint density at radius 1 is 1.23 bits per heavy atom. The van der Waals surface area contributed by atoms with Gasteiger partial charge in [0.15, 0.2) is 0 Å². The summed E-state index contributed by atoms with van der Waals surface area (Å²) in [6.07, 6.45) is 5.45. The van der Waals surface area contributed by atoms with E-state index in [1.807, 2.05) is 42.6 Å². The van der Waals surface area contributed by atoms with Gasteiger partial charge in [-0.3, -0.25) is 5.32 Å². The van der Waals surface area contributed by atoms with Crippen molar-refractivity contribution >= 4 is 22.8 Å². The number of hydrogen-bond donors (Lipinski definition) is 3. The highest BCUT2D eigenvalue weighted by Crippen LogP contribution is 2.31. The first-order valence-electron chi connectivity index (χ1n) is 8.95. The van der Waals surface area contributed by atoms with Gasteiger partial charge in [-0.25, -0.2) is 9.78 Å². The lowest BCUT2D eigenvalue weighted by molar-refractivity contribution is 0.155. The minimum absolute atomic E-state index is 0.243. The highest BCUT2D eigenvalue weighted by Gasteiger charge is 2.19. The monoisotopic (exact) mass is 350 g/mol. The number of carbonyl (C=O) groups excluding carboxylic acids is 1. The number of ether oxygens (including phenoxy) is 1. The molecule has 1 fully saturated rings. The summed E-state index contributed by atoms with van der Waals surface area (Å²) in [5, 5.41) is 7.23. The number of benzene rings is 1. The average molecular weight is 350 g/mol. The number of pyridine rings is 1. The third-order valence-corrected chi connectivity index (χ3v) is 4.80. The molecule has 3 heterocycles. The molecule has 0 atom stereocenters. The normalized spacial score (nSPS) is 15.1. The van der Waals surface area contributed by atoms with Crippen LogP contribution in [-0.4, -0.2) is 29.2 Å². The van der Waals surface area contributed by atoms with Crippen molar-refractivity contribution in [1.29, 1.82) is 0 Å². The van der Waals surface area contributed by atoms with Gasteiger partial charge in [-0.15, -0.1) is 0 Å². The molecular weight excluding hydrogens is 328 g/mol. The van der Waals surface area contributed by atoms with Gasteiger partial charge >= 0.3 is 6.09 Å². The van der Waals surface area contributed by atoms with E-state index in [2.05, 4.69) is 20.6 Å². The summed E-state index contributed by atoms with van der Waals surface area (Å²) in [6, 6.07) is 11.6. The molecule has 1 amide bonds. The van der Waals surface area contributed by atoms with Gasteiger partial charge in [-0.1, -0.05) is 30.3 Å². The topological polar surface area (TPSA) is 79.0 Å². The van der Waals surface area contributed by atoms with Gasteiger partial charge in [0.1, 0.15) is 12.3 Å². The van der Waals surface area contributed by atoms with Crippen LogP contribution in [0, 0.1) is 0 Å². The summed E-state index contributed by atoms with van der Waals surface area (Å²) in [4.78, 5) is 19.7. The maximum atomic E-state index is 12.1. The Kier molecular flexibility index (Phi) is 4.84. The first-order chi connectivity index (χ1) is 12.8. The quantitative estimate of drug-likeness (QED) is 0.669. The number of H-pyrrole nitrogens is 1. The second-order valence-corrected chi connectivity index (χ2v) is 6.58. The fraction of sp³-hybridized carbons (Fsp3) is 0.300. The highest BCUT2D eigenvalue weighted by atomic mass is 16.5. The zero-order valence-corrected chi connectivity index (χ0v) is 14.5. The number of amides is 1. The summed E-state index contributed by atoms with van der Waals surface area (Å²) < 4.78 is 5.28. The number of rotatable bonds is 4. The predicted molar refractivity (Wildman–Crippen MR) is 101 cm³/mol. The molecule has 6 heteroatoms. The Bertz CT molecular complexity index is 885. The van der Waals surface area contributed by atoms with Crippen LogP contribution in [0.3, 0.4) is 0 Å². The van der Waals surface area contributed by atoms with Crippen LogP contribution in [0.25, 0.3) is 11.0 Å². The molecule has 4 rings (SSSR count). The van der Waals surface area contributed by atoms with E-state index in [0.717, 1.165) is 42.5 Å². The number of anilines is 1. The molecule has 0 spiro atoms. The van der Waals surface area contributed by atoms with Gasteiger partial charge < -0.3 is 15.0 Å². The summed E-state index contributed by atoms with van der Waals surface area (Å²) in [5.41, 5.74) is 3.72. The van der Waals surface area contributed by atoms with E-state index in [1.54, 1.807) is 6.20 Å². The predicted octanol–water partition coefficient (Wildman–Crippen LogP) is 3.78. The van der Waals surface area contributed by atoms with Crippen molar-refractivity contribution in [3.05, 3.63) is 59.9 Å². The van der Waals surface area contributed by atoms with Crippen molar-refractivity contribution in [2.45, 2.75) is 25.4 Å². The van der Waals surface area contributed by atoms with E-state index in [1.165, 1.54) is 5.56 Å². The van der Waals surface area contributed by atoms with E-state index in [-0.39, 0.29) is 6.61 Å². The average Bonchev–Trinajstić information content (AvgIpc) is 3.11. The molecule has 134 valence electrons. The molecule has 3 aromatic rings. The summed E-state index contributed by atoms with van der Waals surface area (Å²) in [6.45, 7) is 2.32. The summed E-state index contributed by atoms with van der Waals surface area (Å²) in [7, 11) is 0. The minimum atomic E-state index is -0.478. The SMILES string of the molecule is O=C(Nc1cnc2[nH]cc(C3CCNCC3)c2c1)OCc1ccccc1. The molecular formula is C20H22N4O2. The van der Waals surface area contributed by atoms with Crippen LogP contribution >= 0.6 is 0 Å². The van der Waals surface area contributed by atoms with E-state index in [9.17, 15) is 4.79 Å². The van der Waals surface area contributed by atoms with Crippen LogP contribution in [0.2, 0.25) is 0 Å². The first kappa shape index (κ1) is 16.6. The van der Waals surface area contributed by atoms with Crippen LogP contribution in [0.1, 0.15) is 29.9 Å². The van der Waals surface area contributed by atoms with Crippen LogP contribution < -0.4 is 10.6 Å². The molecule has 1 saturated heterocycles. The van der Waals surface area contributed by atoms with Crippen molar-refractivity contribution in [1.82, 2.24) is 15.3 Å². The van der Waals surface area contributed by atoms with Gasteiger partial charge in [0.2, 0.25) is 0 Å². The van der Waals surface area contributed by atoms with E-state index >= 15 is 0 Å². The molecule has 3 N–H and O–H groups in total. The zero-order chi connectivity index (χ0) is 17.8. The van der Waals surface area contributed by atoms with Crippen LogP contribution in [-0.2, 0) is 11.3 Å². The third-order valence-electron chi connectivity index (χ3n) is 4.80. The van der Waals surface area contributed by atoms with Gasteiger partial charge in [0.05, 0.1) is 11.9 Å². The fourth-order valence-corrected chi connectivity index (χ4v) is 3.44. The molecule has 1 aliphatic heterocycles. The number of carbonyl (C=O) groups is 1. The summed E-state index contributed by atoms with van der Waals surface area (Å²) in [5.74, 6) is 0.520. The van der Waals surface area contributed by atoms with Gasteiger partial charge in [0, 0.05) is 11.6 Å². The van der Waals surface area contributed by atoms with E-state index < -0.39 is 6.09 Å². The Balaban J connectivity index is 1.45. The molecule has 0 radical (unpaired) electrons. The van der Waals surface area contributed by atoms with Crippen molar-refractivity contribution in [2.75, 3.05) is 18.4 Å². The molecule has 26 heavy (non-hydrogen) atoms. The van der Waals surface area contributed by atoms with E-state index in [4.69, 9.17) is 4.74 Å². The molecule has 1 aromatic carbocycles. The van der Waals surface area contributed by atoms with Crippen molar-refractivity contribution in [3.8, 4) is 0 Å². The second-order valence-electron chi connectivity index (χ2n) is 6.58. The number of nitrogens with one attached hydrogen (secondary N) is 3. The number of aromatic amines is 1. The molecule has 0 aliphatic carbocycles. The molecule has 0 saturated carbocycles. The van der Waals surface area contributed by atoms with Crippen LogP contribution in [0.4, 0.5) is 10.5 Å². The molecule has 1 aliphatic rings. The largest absolute Gasteiger partial charge is 0.444 e. The first-order valence-corrected chi connectivity index (χ1v) is 8.95. The van der Waals surface area contributed by atoms with Gasteiger partial charge in [0.25, 0.3) is 0 Å². The number of aromatic nitrogens is 2. The number of hydrogen-bond acceptors (Lipinski definition) is 4. The minimum Gasteiger partial charge on any atom is -0.444 e. The van der Waals surface area contributed by atoms with Crippen LogP contribution in [0.5, 0.6) is 0 Å². The molecule has 0 unspecified atom stereocenters. The van der Waals surface area contributed by atoms with Gasteiger partial charge in [-0.05, 0) is 49.0 Å². The maximum absolute atomic E-state index is 12.1. The Morgan fingerprint density at radius 2 is 2.04 bits per heavy atom. The summed E-state index contributed by atoms with van der Waals surface area (Å²) >= 11 is 0. The number of nitrogens with zero attached hydrogens (tertiary/aromatic N) is 1. The number of fused-ring (bicyclic) bond motifs is 1. The smallest absolute Gasteiger partial charge is 0.412 e. The van der Waals surface area contributed by atoms with Crippen molar-refractivity contribution in [2.24, 2.45) is 0 Å².